The molecule has 2 aliphatic carbocycles. The van der Waals surface area contributed by atoms with Crippen LogP contribution in [0, 0.1) is 11.8 Å². The Kier molecular flexibility index (Phi) is 6.73. The molecule has 2 N–H and O–H groups in total. The van der Waals surface area contributed by atoms with Crippen molar-refractivity contribution in [3.63, 3.8) is 0 Å². The second kappa shape index (κ2) is 10.1. The average molecular weight is 629 g/mol. The van der Waals surface area contributed by atoms with Crippen LogP contribution in [-0.2, 0) is 35.3 Å². The lowest BCUT2D eigenvalue weighted by Gasteiger charge is -2.41. The third kappa shape index (κ3) is 4.80. The van der Waals surface area contributed by atoms with Gasteiger partial charge in [-0.2, -0.15) is 0 Å². The highest BCUT2D eigenvalue weighted by molar-refractivity contribution is 5.97. The Morgan fingerprint density at radius 1 is 0.761 bits per heavy atom. The molecular weight excluding hydrogens is 584 g/mol. The average Bonchev–Trinajstić information content (AvgIpc) is 3.71. The predicted molar refractivity (Wildman–Crippen MR) is 170 cm³/mol. The van der Waals surface area contributed by atoms with E-state index in [0.29, 0.717) is 37.2 Å². The number of benzene rings is 2. The summed E-state index contributed by atoms with van der Waals surface area (Å²) in [6, 6.07) is 7.70. The number of ether oxygens (including phenoxy) is 3. The fourth-order valence-electron chi connectivity index (χ4n) is 8.18. The van der Waals surface area contributed by atoms with E-state index in [-0.39, 0.29) is 57.7 Å². The number of rotatable bonds is 4. The van der Waals surface area contributed by atoms with E-state index in [1.807, 2.05) is 12.1 Å². The van der Waals surface area contributed by atoms with Crippen molar-refractivity contribution in [2.24, 2.45) is 11.8 Å². The van der Waals surface area contributed by atoms with Gasteiger partial charge in [-0.1, -0.05) is 67.5 Å². The van der Waals surface area contributed by atoms with Crippen LogP contribution in [0.2, 0.25) is 0 Å². The van der Waals surface area contributed by atoms with Gasteiger partial charge in [-0.05, 0) is 46.9 Å². The molecule has 4 bridgehead atoms. The van der Waals surface area contributed by atoms with Crippen molar-refractivity contribution in [1.29, 1.82) is 0 Å². The number of carbonyl (C=O) groups excluding carboxylic acids is 4. The second-order valence-electron chi connectivity index (χ2n) is 16.4. The van der Waals surface area contributed by atoms with Crippen LogP contribution in [0.25, 0.3) is 0 Å². The van der Waals surface area contributed by atoms with Gasteiger partial charge in [0.05, 0.1) is 11.8 Å². The maximum atomic E-state index is 14.1. The quantitative estimate of drug-likeness (QED) is 0.424. The van der Waals surface area contributed by atoms with Gasteiger partial charge in [-0.25, -0.2) is 9.59 Å². The van der Waals surface area contributed by atoms with Crippen molar-refractivity contribution in [3.8, 4) is 11.5 Å². The minimum absolute atomic E-state index is 0.0257. The van der Waals surface area contributed by atoms with E-state index in [2.05, 4.69) is 72.1 Å². The zero-order valence-corrected chi connectivity index (χ0v) is 28.0. The Balaban J connectivity index is 1.34. The molecular formula is C37H44N2O7. The molecule has 5 aliphatic rings. The maximum Gasteiger partial charge on any atom is 0.342 e. The van der Waals surface area contributed by atoms with Crippen molar-refractivity contribution >= 4 is 23.8 Å². The highest BCUT2D eigenvalue weighted by atomic mass is 16.6. The van der Waals surface area contributed by atoms with Crippen LogP contribution in [0.3, 0.4) is 0 Å². The van der Waals surface area contributed by atoms with E-state index in [0.717, 1.165) is 22.3 Å². The summed E-state index contributed by atoms with van der Waals surface area (Å²) in [6.07, 6.45) is 1.52. The zero-order valence-electron chi connectivity index (χ0n) is 28.0. The standard InChI is InChI=1S/C37H44N2O7/c1-35(2,3)17-11-23(34(43)45-27-16-19-14-22(27)32(41)39-19)29-25(12-17)37(7,8)28-24(36(4,5)6)10-9-20(30(28)46-29)33(42)44-26-15-18-13-21(26)31(40)38-18/h9-12,18-19,21-22,26-27H,13-16H2,1-8H3,(H,38,40)(H,39,41). The smallest absolute Gasteiger partial charge is 0.342 e. The monoisotopic (exact) mass is 628 g/mol. The Labute approximate surface area is 270 Å². The van der Waals surface area contributed by atoms with Crippen molar-refractivity contribution in [2.45, 2.75) is 122 Å². The molecule has 244 valence electrons. The van der Waals surface area contributed by atoms with E-state index in [1.54, 1.807) is 6.07 Å². The van der Waals surface area contributed by atoms with Crippen LogP contribution < -0.4 is 15.4 Å². The van der Waals surface area contributed by atoms with E-state index in [1.165, 1.54) is 0 Å². The lowest BCUT2D eigenvalue weighted by atomic mass is 9.67. The molecule has 0 radical (unpaired) electrons. The molecule has 9 nitrogen and oxygen atoms in total. The first kappa shape index (κ1) is 30.8. The summed E-state index contributed by atoms with van der Waals surface area (Å²) in [4.78, 5) is 52.8. The molecule has 6 unspecified atom stereocenters. The van der Waals surface area contributed by atoms with Crippen LogP contribution >= 0.6 is 0 Å². The molecule has 9 heteroatoms. The van der Waals surface area contributed by atoms with Gasteiger partial charge in [-0.15, -0.1) is 0 Å². The first-order valence-electron chi connectivity index (χ1n) is 16.5. The number of piperidine rings is 2. The molecule has 2 saturated carbocycles. The number of hydrogen-bond acceptors (Lipinski definition) is 7. The van der Waals surface area contributed by atoms with Crippen LogP contribution in [-0.4, -0.2) is 48.0 Å². The number of esters is 2. The van der Waals surface area contributed by atoms with E-state index in [4.69, 9.17) is 14.2 Å². The topological polar surface area (TPSA) is 120 Å². The van der Waals surface area contributed by atoms with E-state index < -0.39 is 29.6 Å². The molecule has 46 heavy (non-hydrogen) atoms. The van der Waals surface area contributed by atoms with Crippen LogP contribution in [0.1, 0.15) is 124 Å². The van der Waals surface area contributed by atoms with E-state index >= 15 is 0 Å². The molecule has 2 aromatic rings. The summed E-state index contributed by atoms with van der Waals surface area (Å²) in [7, 11) is 0. The van der Waals surface area contributed by atoms with Crippen LogP contribution in [0.5, 0.6) is 11.5 Å². The highest BCUT2D eigenvalue weighted by Crippen LogP contribution is 2.55. The van der Waals surface area contributed by atoms with Gasteiger partial charge < -0.3 is 24.8 Å². The number of nitrogens with one attached hydrogen (secondary N) is 2. The first-order chi connectivity index (χ1) is 21.4. The van der Waals surface area contributed by atoms with Gasteiger partial charge in [-0.3, -0.25) is 9.59 Å². The summed E-state index contributed by atoms with van der Waals surface area (Å²) >= 11 is 0. The second-order valence-corrected chi connectivity index (χ2v) is 16.4. The minimum Gasteiger partial charge on any atom is -0.458 e. The van der Waals surface area contributed by atoms with Gasteiger partial charge in [0.2, 0.25) is 11.8 Å². The Morgan fingerprint density at radius 3 is 1.78 bits per heavy atom. The normalized spacial score (nSPS) is 28.6. The fourth-order valence-corrected chi connectivity index (χ4v) is 8.18. The Morgan fingerprint density at radius 2 is 1.30 bits per heavy atom. The van der Waals surface area contributed by atoms with Gasteiger partial charge >= 0.3 is 11.9 Å². The zero-order chi connectivity index (χ0) is 33.1. The third-order valence-electron chi connectivity index (χ3n) is 10.8. The van der Waals surface area contributed by atoms with Gasteiger partial charge in [0.25, 0.3) is 0 Å². The lowest BCUT2D eigenvalue weighted by Crippen LogP contribution is -2.40. The van der Waals surface area contributed by atoms with Crippen LogP contribution in [0.15, 0.2) is 24.3 Å². The number of hydrogen-bond donors (Lipinski definition) is 2. The number of carbonyl (C=O) groups is 4. The number of fused-ring (bicyclic) bond motifs is 6. The van der Waals surface area contributed by atoms with Gasteiger partial charge in [0.15, 0.2) is 0 Å². The summed E-state index contributed by atoms with van der Waals surface area (Å²) in [5, 5.41) is 5.89. The van der Waals surface area contributed by atoms with Crippen molar-refractivity contribution in [2.75, 3.05) is 0 Å². The largest absolute Gasteiger partial charge is 0.458 e. The molecule has 3 heterocycles. The molecule has 4 fully saturated rings. The first-order valence-corrected chi connectivity index (χ1v) is 16.5. The van der Waals surface area contributed by atoms with Gasteiger partial charge in [0.1, 0.15) is 34.8 Å². The van der Waals surface area contributed by atoms with E-state index in [9.17, 15) is 19.2 Å². The van der Waals surface area contributed by atoms with Crippen LogP contribution in [0.4, 0.5) is 0 Å². The SMILES string of the molecule is CC(C)(C)c1cc(C(=O)OC2CC3CC2C(=O)N3)c2c(c1)C(C)(C)c1c(C(C)(C)C)ccc(C(=O)OC3CC4CC3C(=O)N4)c1O2. The summed E-state index contributed by atoms with van der Waals surface area (Å²) < 4.78 is 18.8. The molecule has 6 atom stereocenters. The molecule has 0 aromatic heterocycles. The van der Waals surface area contributed by atoms with Crippen molar-refractivity contribution < 1.29 is 33.4 Å². The van der Waals surface area contributed by atoms with Crippen molar-refractivity contribution in [3.05, 3.63) is 57.6 Å². The number of amides is 2. The Bertz CT molecular complexity index is 1690. The molecule has 2 aromatic carbocycles. The summed E-state index contributed by atoms with van der Waals surface area (Å²) in [6.45, 7) is 16.9. The molecule has 2 amide bonds. The summed E-state index contributed by atoms with van der Waals surface area (Å²) in [5.74, 6) is -1.23. The predicted octanol–water partition coefficient (Wildman–Crippen LogP) is 5.58. The maximum absolute atomic E-state index is 14.1. The molecule has 0 spiro atoms. The minimum atomic E-state index is -0.684. The summed E-state index contributed by atoms with van der Waals surface area (Å²) in [5.41, 5.74) is 2.92. The molecule has 3 aliphatic heterocycles. The fraction of sp³-hybridized carbons (Fsp3) is 0.568. The van der Waals surface area contributed by atoms with Crippen molar-refractivity contribution in [1.82, 2.24) is 10.6 Å². The van der Waals surface area contributed by atoms with Gasteiger partial charge in [0, 0.05) is 41.5 Å². The molecule has 2 saturated heterocycles. The highest BCUT2D eigenvalue weighted by Gasteiger charge is 2.50. The Hall–Kier alpha value is -3.88. The molecule has 7 rings (SSSR count). The third-order valence-corrected chi connectivity index (χ3v) is 10.8. The lowest BCUT2D eigenvalue weighted by molar-refractivity contribution is -0.128.